The molecule has 1 rings (SSSR count). The van der Waals surface area contributed by atoms with E-state index in [0.29, 0.717) is 24.2 Å². The van der Waals surface area contributed by atoms with E-state index in [1.165, 1.54) is 12.1 Å². The lowest BCUT2D eigenvalue weighted by Crippen LogP contribution is -2.14. The highest BCUT2D eigenvalue weighted by Gasteiger charge is 2.16. The van der Waals surface area contributed by atoms with Gasteiger partial charge < -0.3 is 14.9 Å². The largest absolute Gasteiger partial charge is 0.507 e. The summed E-state index contributed by atoms with van der Waals surface area (Å²) in [6, 6.07) is 2.85. The Kier molecular flexibility index (Phi) is 4.63. The first-order chi connectivity index (χ1) is 8.31. The number of non-ortho nitro benzene ring substituents is 1. The van der Waals surface area contributed by atoms with Gasteiger partial charge >= 0.3 is 0 Å². The fourth-order valence-electron chi connectivity index (χ4n) is 1.77. The molecule has 0 fully saturated rings. The number of benzene rings is 1. The van der Waals surface area contributed by atoms with E-state index in [1.54, 1.807) is 0 Å². The van der Waals surface area contributed by atoms with Gasteiger partial charge in [-0.05, 0) is 28.2 Å². The maximum absolute atomic E-state index is 10.9. The van der Waals surface area contributed by atoms with E-state index in [0.717, 1.165) is 0 Å². The highest BCUT2D eigenvalue weighted by Crippen LogP contribution is 2.29. The van der Waals surface area contributed by atoms with Gasteiger partial charge in [0, 0.05) is 36.3 Å². The van der Waals surface area contributed by atoms with Crippen LogP contribution in [0.2, 0.25) is 0 Å². The lowest BCUT2D eigenvalue weighted by Gasteiger charge is -2.16. The molecule has 0 aliphatic rings. The Balaban J connectivity index is 3.23. The number of phenols is 1. The molecule has 1 aromatic rings. The third-order valence-electron chi connectivity index (χ3n) is 2.44. The molecule has 0 saturated heterocycles. The quantitative estimate of drug-likeness (QED) is 0.635. The van der Waals surface area contributed by atoms with Crippen LogP contribution in [0.3, 0.4) is 0 Å². The van der Waals surface area contributed by atoms with Crippen LogP contribution in [-0.2, 0) is 13.1 Å². The van der Waals surface area contributed by atoms with Gasteiger partial charge in [-0.1, -0.05) is 0 Å². The summed E-state index contributed by atoms with van der Waals surface area (Å²) >= 11 is 0. The van der Waals surface area contributed by atoms with Crippen LogP contribution in [0.15, 0.2) is 12.1 Å². The average Bonchev–Trinajstić information content (AvgIpc) is 2.22. The third-order valence-corrected chi connectivity index (χ3v) is 2.44. The molecule has 6 nitrogen and oxygen atoms in total. The van der Waals surface area contributed by atoms with Gasteiger partial charge in [0.15, 0.2) is 0 Å². The molecular weight excluding hydrogens is 234 g/mol. The molecule has 0 spiro atoms. The molecule has 0 heterocycles. The minimum Gasteiger partial charge on any atom is -0.507 e. The molecule has 0 bridgehead atoms. The van der Waals surface area contributed by atoms with Gasteiger partial charge in [0.25, 0.3) is 5.69 Å². The maximum atomic E-state index is 10.9. The molecule has 18 heavy (non-hydrogen) atoms. The number of nitro groups is 1. The highest BCUT2D eigenvalue weighted by molar-refractivity contribution is 5.49. The van der Waals surface area contributed by atoms with Crippen LogP contribution in [-0.4, -0.2) is 48.0 Å². The number of rotatable bonds is 5. The lowest BCUT2D eigenvalue weighted by atomic mass is 10.1. The normalized spacial score (nSPS) is 11.2. The number of nitrogens with zero attached hydrogens (tertiary/aromatic N) is 3. The van der Waals surface area contributed by atoms with Crippen molar-refractivity contribution in [1.29, 1.82) is 0 Å². The third kappa shape index (κ3) is 3.68. The Morgan fingerprint density at radius 3 is 1.78 bits per heavy atom. The van der Waals surface area contributed by atoms with Crippen LogP contribution in [0, 0.1) is 10.1 Å². The second-order valence-electron chi connectivity index (χ2n) is 4.85. The molecule has 0 radical (unpaired) electrons. The average molecular weight is 253 g/mol. The Morgan fingerprint density at radius 2 is 1.50 bits per heavy atom. The van der Waals surface area contributed by atoms with E-state index in [1.807, 2.05) is 38.0 Å². The van der Waals surface area contributed by atoms with Crippen molar-refractivity contribution < 1.29 is 10.0 Å². The topological polar surface area (TPSA) is 69.8 Å². The Hall–Kier alpha value is -1.66. The predicted octanol–water partition coefficient (Wildman–Crippen LogP) is 1.42. The molecule has 100 valence electrons. The van der Waals surface area contributed by atoms with Gasteiger partial charge in [0.1, 0.15) is 5.75 Å². The van der Waals surface area contributed by atoms with E-state index in [9.17, 15) is 15.2 Å². The van der Waals surface area contributed by atoms with Crippen molar-refractivity contribution >= 4 is 5.69 Å². The molecule has 1 aromatic carbocycles. The molecule has 1 N–H and O–H groups in total. The highest BCUT2D eigenvalue weighted by atomic mass is 16.6. The Morgan fingerprint density at radius 1 is 1.11 bits per heavy atom. The Bertz CT molecular complexity index is 413. The number of phenolic OH excluding ortho intramolecular Hbond substituents is 1. The molecule has 0 aromatic heterocycles. The summed E-state index contributed by atoms with van der Waals surface area (Å²) in [5, 5.41) is 21.0. The first-order valence-corrected chi connectivity index (χ1v) is 5.60. The summed E-state index contributed by atoms with van der Waals surface area (Å²) in [6.45, 7) is 0.932. The summed E-state index contributed by atoms with van der Waals surface area (Å²) in [7, 11) is 7.40. The van der Waals surface area contributed by atoms with Gasteiger partial charge in [0.2, 0.25) is 0 Å². The van der Waals surface area contributed by atoms with Crippen LogP contribution in [0.4, 0.5) is 5.69 Å². The van der Waals surface area contributed by atoms with Crippen molar-refractivity contribution in [3.8, 4) is 5.75 Å². The van der Waals surface area contributed by atoms with E-state index in [4.69, 9.17) is 0 Å². The Labute approximate surface area is 107 Å². The number of hydrogen-bond acceptors (Lipinski definition) is 5. The van der Waals surface area contributed by atoms with E-state index < -0.39 is 4.92 Å². The van der Waals surface area contributed by atoms with Crippen molar-refractivity contribution in [2.24, 2.45) is 0 Å². The molecule has 6 heteroatoms. The first-order valence-electron chi connectivity index (χ1n) is 5.60. The summed E-state index contributed by atoms with van der Waals surface area (Å²) in [6.07, 6.45) is 0. The first kappa shape index (κ1) is 14.4. The number of nitro benzene ring substituents is 1. The van der Waals surface area contributed by atoms with Crippen molar-refractivity contribution in [2.45, 2.75) is 13.1 Å². The SMILES string of the molecule is CN(C)Cc1cc([N+](=O)[O-])cc(CN(C)C)c1O. The van der Waals surface area contributed by atoms with Crippen LogP contribution in [0.1, 0.15) is 11.1 Å². The standard InChI is InChI=1S/C12H19N3O3/c1-13(2)7-9-5-11(15(17)18)6-10(12(9)16)8-14(3)4/h5-6,16H,7-8H2,1-4H3. The van der Waals surface area contributed by atoms with E-state index in [-0.39, 0.29) is 11.4 Å². The van der Waals surface area contributed by atoms with Gasteiger partial charge in [0.05, 0.1) is 4.92 Å². The fraction of sp³-hybridized carbons (Fsp3) is 0.500. The fourth-order valence-corrected chi connectivity index (χ4v) is 1.77. The smallest absolute Gasteiger partial charge is 0.270 e. The maximum Gasteiger partial charge on any atom is 0.270 e. The minimum absolute atomic E-state index is 0.0153. The van der Waals surface area contributed by atoms with Crippen molar-refractivity contribution in [3.63, 3.8) is 0 Å². The van der Waals surface area contributed by atoms with E-state index in [2.05, 4.69) is 0 Å². The van der Waals surface area contributed by atoms with Gasteiger partial charge in [-0.3, -0.25) is 10.1 Å². The molecule has 0 amide bonds. The minimum atomic E-state index is -0.433. The zero-order valence-corrected chi connectivity index (χ0v) is 11.2. The van der Waals surface area contributed by atoms with Crippen molar-refractivity contribution in [2.75, 3.05) is 28.2 Å². The van der Waals surface area contributed by atoms with Gasteiger partial charge in [-0.15, -0.1) is 0 Å². The lowest BCUT2D eigenvalue weighted by molar-refractivity contribution is -0.385. The second-order valence-corrected chi connectivity index (χ2v) is 4.85. The summed E-state index contributed by atoms with van der Waals surface area (Å²) in [5.41, 5.74) is 1.17. The number of aromatic hydroxyl groups is 1. The molecule has 0 aliphatic carbocycles. The summed E-state index contributed by atoms with van der Waals surface area (Å²) in [5.74, 6) is 0.142. The zero-order valence-electron chi connectivity index (χ0n) is 11.2. The molecule has 0 unspecified atom stereocenters. The second kappa shape index (κ2) is 5.79. The predicted molar refractivity (Wildman–Crippen MR) is 69.5 cm³/mol. The summed E-state index contributed by atoms with van der Waals surface area (Å²) in [4.78, 5) is 14.2. The molecule has 0 atom stereocenters. The van der Waals surface area contributed by atoms with Gasteiger partial charge in [-0.25, -0.2) is 0 Å². The summed E-state index contributed by atoms with van der Waals surface area (Å²) < 4.78 is 0. The van der Waals surface area contributed by atoms with Crippen LogP contribution < -0.4 is 0 Å². The molecule has 0 saturated carbocycles. The van der Waals surface area contributed by atoms with E-state index >= 15 is 0 Å². The molecular formula is C12H19N3O3. The van der Waals surface area contributed by atoms with Crippen molar-refractivity contribution in [1.82, 2.24) is 9.80 Å². The number of hydrogen-bond donors (Lipinski definition) is 1. The monoisotopic (exact) mass is 253 g/mol. The van der Waals surface area contributed by atoms with Crippen LogP contribution in [0.5, 0.6) is 5.75 Å². The molecule has 0 aliphatic heterocycles. The van der Waals surface area contributed by atoms with Crippen LogP contribution >= 0.6 is 0 Å². The zero-order chi connectivity index (χ0) is 13.9. The van der Waals surface area contributed by atoms with Crippen LogP contribution in [0.25, 0.3) is 0 Å². The van der Waals surface area contributed by atoms with Gasteiger partial charge in [-0.2, -0.15) is 0 Å². The van der Waals surface area contributed by atoms with Crippen molar-refractivity contribution in [3.05, 3.63) is 33.4 Å².